The minimum Gasteiger partial charge on any atom is -0.503 e. The molecule has 0 fully saturated rings. The Morgan fingerprint density at radius 1 is 1.09 bits per heavy atom. The van der Waals surface area contributed by atoms with E-state index in [9.17, 15) is 5.11 Å². The van der Waals surface area contributed by atoms with Crippen molar-refractivity contribution in [1.29, 1.82) is 0 Å². The molecule has 0 bridgehead atoms. The molecule has 0 saturated carbocycles. The highest BCUT2D eigenvalue weighted by Gasteiger charge is 2.07. The Morgan fingerprint density at radius 2 is 1.91 bits per heavy atom. The minimum atomic E-state index is -0.0508. The third kappa shape index (κ3) is 2.90. The summed E-state index contributed by atoms with van der Waals surface area (Å²) < 4.78 is 5.09. The highest BCUT2D eigenvalue weighted by molar-refractivity contribution is 6.32. The van der Waals surface area contributed by atoms with E-state index in [2.05, 4.69) is 4.98 Å². The van der Waals surface area contributed by atoms with Crippen molar-refractivity contribution in [2.75, 3.05) is 7.11 Å². The maximum Gasteiger partial charge on any atom is 0.176 e. The molecular formula is C18H14ClNO2. The van der Waals surface area contributed by atoms with E-state index < -0.39 is 0 Å². The van der Waals surface area contributed by atoms with E-state index in [-0.39, 0.29) is 10.8 Å². The number of aromatic hydroxyl groups is 1. The number of hydrogen-bond donors (Lipinski definition) is 1. The number of phenols is 1. The second kappa shape index (κ2) is 6.08. The molecular weight excluding hydrogens is 298 g/mol. The van der Waals surface area contributed by atoms with Crippen molar-refractivity contribution in [2.24, 2.45) is 0 Å². The molecule has 4 heteroatoms. The van der Waals surface area contributed by atoms with Gasteiger partial charge in [0, 0.05) is 5.39 Å². The summed E-state index contributed by atoms with van der Waals surface area (Å²) in [6.07, 6.45) is 3.78. The Labute approximate surface area is 133 Å². The van der Waals surface area contributed by atoms with Crippen LogP contribution in [-0.4, -0.2) is 17.2 Å². The Morgan fingerprint density at radius 3 is 2.73 bits per heavy atom. The Balaban J connectivity index is 1.94. The number of nitrogens with zero attached hydrogens (tertiary/aromatic N) is 1. The van der Waals surface area contributed by atoms with E-state index in [4.69, 9.17) is 16.3 Å². The summed E-state index contributed by atoms with van der Waals surface area (Å²) in [4.78, 5) is 4.57. The fourth-order valence-electron chi connectivity index (χ4n) is 2.20. The number of fused-ring (bicyclic) bond motifs is 1. The number of halogens is 1. The summed E-state index contributed by atoms with van der Waals surface area (Å²) in [5, 5.41) is 11.1. The molecule has 1 aromatic heterocycles. The van der Waals surface area contributed by atoms with Crippen molar-refractivity contribution < 1.29 is 9.84 Å². The first-order valence-corrected chi connectivity index (χ1v) is 7.15. The zero-order valence-corrected chi connectivity index (χ0v) is 12.7. The van der Waals surface area contributed by atoms with Gasteiger partial charge in [0.05, 0.1) is 23.3 Å². The van der Waals surface area contributed by atoms with Gasteiger partial charge in [0.15, 0.2) is 11.5 Å². The van der Waals surface area contributed by atoms with Crippen LogP contribution < -0.4 is 4.74 Å². The molecule has 3 aromatic rings. The predicted molar refractivity (Wildman–Crippen MR) is 90.3 cm³/mol. The van der Waals surface area contributed by atoms with Crippen molar-refractivity contribution >= 4 is 34.7 Å². The molecule has 1 heterocycles. The first-order valence-electron chi connectivity index (χ1n) is 6.78. The number of ether oxygens (including phenoxy) is 1. The van der Waals surface area contributed by atoms with Gasteiger partial charge < -0.3 is 9.84 Å². The third-order valence-corrected chi connectivity index (χ3v) is 3.63. The third-order valence-electron chi connectivity index (χ3n) is 3.34. The number of methoxy groups -OCH3 is 1. The summed E-state index contributed by atoms with van der Waals surface area (Å²) in [6.45, 7) is 0. The summed E-state index contributed by atoms with van der Waals surface area (Å²) >= 11 is 5.98. The SMILES string of the molecule is COc1cc(/C=C/c2ccc3ccccc3n2)cc(Cl)c1O. The highest BCUT2D eigenvalue weighted by atomic mass is 35.5. The van der Waals surface area contributed by atoms with Crippen molar-refractivity contribution in [3.8, 4) is 11.5 Å². The average molecular weight is 312 g/mol. The number of benzene rings is 2. The Bertz CT molecular complexity index is 859. The van der Waals surface area contributed by atoms with E-state index in [1.54, 1.807) is 12.1 Å². The summed E-state index contributed by atoms with van der Waals surface area (Å²) in [5.41, 5.74) is 2.63. The van der Waals surface area contributed by atoms with E-state index in [0.717, 1.165) is 22.2 Å². The number of aromatic nitrogens is 1. The van der Waals surface area contributed by atoms with Gasteiger partial charge in [0.2, 0.25) is 0 Å². The minimum absolute atomic E-state index is 0.0508. The number of para-hydroxylation sites is 1. The molecule has 0 amide bonds. The van der Waals surface area contributed by atoms with Gasteiger partial charge in [-0.1, -0.05) is 41.9 Å². The molecule has 0 spiro atoms. The second-order valence-corrected chi connectivity index (χ2v) is 5.22. The lowest BCUT2D eigenvalue weighted by Gasteiger charge is -2.06. The van der Waals surface area contributed by atoms with Crippen LogP contribution in [0.3, 0.4) is 0 Å². The monoisotopic (exact) mass is 311 g/mol. The Kier molecular flexibility index (Phi) is 3.98. The Hall–Kier alpha value is -2.52. The van der Waals surface area contributed by atoms with Crippen molar-refractivity contribution in [1.82, 2.24) is 4.98 Å². The van der Waals surface area contributed by atoms with Crippen LogP contribution in [0.4, 0.5) is 0 Å². The molecule has 0 aliphatic carbocycles. The second-order valence-electron chi connectivity index (χ2n) is 4.82. The van der Waals surface area contributed by atoms with E-state index >= 15 is 0 Å². The maximum atomic E-state index is 9.73. The highest BCUT2D eigenvalue weighted by Crippen LogP contribution is 2.35. The number of pyridine rings is 1. The fraction of sp³-hybridized carbons (Fsp3) is 0.0556. The predicted octanol–water partition coefficient (Wildman–Crippen LogP) is 4.77. The zero-order valence-electron chi connectivity index (χ0n) is 12.0. The van der Waals surface area contributed by atoms with Gasteiger partial charge in [-0.2, -0.15) is 0 Å². The van der Waals surface area contributed by atoms with Crippen LogP contribution >= 0.6 is 11.6 Å². The van der Waals surface area contributed by atoms with E-state index in [1.165, 1.54) is 7.11 Å². The molecule has 0 aliphatic heterocycles. The molecule has 0 aliphatic rings. The van der Waals surface area contributed by atoms with Crippen LogP contribution in [0.15, 0.2) is 48.5 Å². The van der Waals surface area contributed by atoms with Crippen molar-refractivity contribution in [2.45, 2.75) is 0 Å². The molecule has 1 N–H and O–H groups in total. The van der Waals surface area contributed by atoms with E-state index in [0.29, 0.717) is 5.75 Å². The quantitative estimate of drug-likeness (QED) is 0.757. The average Bonchev–Trinajstić information content (AvgIpc) is 2.55. The molecule has 22 heavy (non-hydrogen) atoms. The van der Waals surface area contributed by atoms with E-state index in [1.807, 2.05) is 48.6 Å². The molecule has 0 atom stereocenters. The van der Waals surface area contributed by atoms with Gasteiger partial charge in [-0.15, -0.1) is 0 Å². The molecule has 110 valence electrons. The van der Waals surface area contributed by atoms with Crippen LogP contribution in [0.25, 0.3) is 23.1 Å². The molecule has 0 saturated heterocycles. The topological polar surface area (TPSA) is 42.4 Å². The molecule has 0 radical (unpaired) electrons. The van der Waals surface area contributed by atoms with Crippen LogP contribution in [0.5, 0.6) is 11.5 Å². The molecule has 2 aromatic carbocycles. The molecule has 3 nitrogen and oxygen atoms in total. The van der Waals surface area contributed by atoms with Gasteiger partial charge in [-0.05, 0) is 35.9 Å². The molecule has 0 unspecified atom stereocenters. The summed E-state index contributed by atoms with van der Waals surface area (Å²) in [6, 6.07) is 15.4. The first kappa shape index (κ1) is 14.4. The number of hydrogen-bond acceptors (Lipinski definition) is 3. The van der Waals surface area contributed by atoms with Gasteiger partial charge in [-0.25, -0.2) is 4.98 Å². The largest absolute Gasteiger partial charge is 0.503 e. The van der Waals surface area contributed by atoms with Crippen LogP contribution in [0.2, 0.25) is 5.02 Å². The summed E-state index contributed by atoms with van der Waals surface area (Å²) in [7, 11) is 1.49. The lowest BCUT2D eigenvalue weighted by Crippen LogP contribution is -1.86. The lowest BCUT2D eigenvalue weighted by molar-refractivity contribution is 0.373. The normalized spacial score (nSPS) is 11.2. The number of phenolic OH excluding ortho intramolecular Hbond substituents is 1. The van der Waals surface area contributed by atoms with Crippen molar-refractivity contribution in [3.63, 3.8) is 0 Å². The number of rotatable bonds is 3. The van der Waals surface area contributed by atoms with Crippen LogP contribution in [0.1, 0.15) is 11.3 Å². The standard InChI is InChI=1S/C18H14ClNO2/c1-22-17-11-12(10-15(19)18(17)21)6-8-14-9-7-13-4-2-3-5-16(13)20-14/h2-11,21H,1H3/b8-6+. The maximum absolute atomic E-state index is 9.73. The lowest BCUT2D eigenvalue weighted by atomic mass is 10.1. The zero-order chi connectivity index (χ0) is 15.5. The van der Waals surface area contributed by atoms with Gasteiger partial charge in [0.25, 0.3) is 0 Å². The van der Waals surface area contributed by atoms with Crippen LogP contribution in [-0.2, 0) is 0 Å². The van der Waals surface area contributed by atoms with Gasteiger partial charge >= 0.3 is 0 Å². The van der Waals surface area contributed by atoms with Gasteiger partial charge in [-0.3, -0.25) is 0 Å². The summed E-state index contributed by atoms with van der Waals surface area (Å²) in [5.74, 6) is 0.295. The fourth-order valence-corrected chi connectivity index (χ4v) is 2.42. The smallest absolute Gasteiger partial charge is 0.176 e. The first-order chi connectivity index (χ1) is 10.7. The van der Waals surface area contributed by atoms with Crippen molar-refractivity contribution in [3.05, 3.63) is 64.8 Å². The van der Waals surface area contributed by atoms with Gasteiger partial charge in [0.1, 0.15) is 0 Å². The van der Waals surface area contributed by atoms with Crippen LogP contribution in [0, 0.1) is 0 Å². The molecule has 3 rings (SSSR count).